The van der Waals surface area contributed by atoms with Crippen molar-refractivity contribution in [2.45, 2.75) is 62.8 Å². The van der Waals surface area contributed by atoms with E-state index in [1.54, 1.807) is 6.07 Å². The molecular formula is C19H26N4O3S. The van der Waals surface area contributed by atoms with Gasteiger partial charge in [0.15, 0.2) is 5.82 Å². The Balaban J connectivity index is 1.67. The van der Waals surface area contributed by atoms with Crippen LogP contribution in [0.1, 0.15) is 62.5 Å². The molecule has 1 saturated carbocycles. The molecule has 1 aromatic carbocycles. The van der Waals surface area contributed by atoms with E-state index in [-0.39, 0.29) is 22.3 Å². The summed E-state index contributed by atoms with van der Waals surface area (Å²) >= 11 is 0. The first-order valence-corrected chi connectivity index (χ1v) is 10.6. The van der Waals surface area contributed by atoms with Crippen molar-refractivity contribution >= 4 is 21.7 Å². The number of anilines is 1. The Labute approximate surface area is 160 Å². The molecule has 1 fully saturated rings. The monoisotopic (exact) mass is 390 g/mol. The number of hydrogen-bond acceptors (Lipinski definition) is 4. The highest BCUT2D eigenvalue weighted by atomic mass is 32.2. The molecule has 146 valence electrons. The summed E-state index contributed by atoms with van der Waals surface area (Å²) in [5, 5.41) is 9.73. The van der Waals surface area contributed by atoms with Gasteiger partial charge in [-0.25, -0.2) is 13.1 Å². The van der Waals surface area contributed by atoms with Crippen LogP contribution in [0.3, 0.4) is 0 Å². The summed E-state index contributed by atoms with van der Waals surface area (Å²) in [4.78, 5) is 12.5. The number of hydrogen-bond donors (Lipinski definition) is 3. The lowest BCUT2D eigenvalue weighted by atomic mass is 9.92. The molecule has 2 aromatic rings. The Hall–Kier alpha value is -2.19. The van der Waals surface area contributed by atoms with Crippen LogP contribution in [0.2, 0.25) is 0 Å². The zero-order valence-corrected chi connectivity index (χ0v) is 16.7. The molecule has 1 heterocycles. The van der Waals surface area contributed by atoms with Crippen LogP contribution >= 0.6 is 0 Å². The van der Waals surface area contributed by atoms with E-state index in [1.165, 1.54) is 24.3 Å². The highest BCUT2D eigenvalue weighted by Crippen LogP contribution is 2.23. The highest BCUT2D eigenvalue weighted by Gasteiger charge is 2.23. The number of carbonyl (C=O) groups excluding carboxylic acids is 1. The van der Waals surface area contributed by atoms with E-state index in [1.807, 2.05) is 20.8 Å². The van der Waals surface area contributed by atoms with Gasteiger partial charge in [0, 0.05) is 28.8 Å². The summed E-state index contributed by atoms with van der Waals surface area (Å²) < 4.78 is 27.6. The third-order valence-electron chi connectivity index (χ3n) is 4.73. The van der Waals surface area contributed by atoms with E-state index in [4.69, 9.17) is 0 Å². The molecule has 3 rings (SSSR count). The third-order valence-corrected chi connectivity index (χ3v) is 6.27. The van der Waals surface area contributed by atoms with Crippen LogP contribution < -0.4 is 10.0 Å². The second kappa shape index (κ2) is 7.44. The fourth-order valence-electron chi connectivity index (χ4n) is 3.08. The molecule has 0 bridgehead atoms. The summed E-state index contributed by atoms with van der Waals surface area (Å²) in [6.45, 7) is 6.14. The lowest BCUT2D eigenvalue weighted by molar-refractivity contribution is 0.102. The number of aromatic nitrogens is 2. The maximum atomic E-state index is 12.4. The van der Waals surface area contributed by atoms with Gasteiger partial charge >= 0.3 is 0 Å². The van der Waals surface area contributed by atoms with E-state index in [0.717, 1.165) is 31.4 Å². The van der Waals surface area contributed by atoms with Crippen LogP contribution in [0.5, 0.6) is 0 Å². The van der Waals surface area contributed by atoms with Gasteiger partial charge in [0.25, 0.3) is 5.91 Å². The van der Waals surface area contributed by atoms with Crippen molar-refractivity contribution in [1.29, 1.82) is 0 Å². The maximum Gasteiger partial charge on any atom is 0.256 e. The molecular weight excluding hydrogens is 364 g/mol. The maximum absolute atomic E-state index is 12.4. The smallest absolute Gasteiger partial charge is 0.256 e. The first kappa shape index (κ1) is 19.6. The summed E-state index contributed by atoms with van der Waals surface area (Å²) in [6, 6.07) is 7.73. The van der Waals surface area contributed by atoms with Gasteiger partial charge in [-0.05, 0) is 37.1 Å². The number of nitrogens with one attached hydrogen (secondary N) is 3. The highest BCUT2D eigenvalue weighted by molar-refractivity contribution is 7.89. The number of nitrogens with zero attached hydrogens (tertiary/aromatic N) is 1. The SMILES string of the molecule is CC(C)(C)c1cc(NC(=O)c2ccc(S(=O)(=O)NC3CCCC3)cc2)n[nH]1. The minimum Gasteiger partial charge on any atom is -0.305 e. The van der Waals surface area contributed by atoms with E-state index >= 15 is 0 Å². The molecule has 1 aliphatic rings. The number of sulfonamides is 1. The zero-order chi connectivity index (χ0) is 19.7. The second-order valence-corrected chi connectivity index (χ2v) is 9.71. The topological polar surface area (TPSA) is 104 Å². The first-order valence-electron chi connectivity index (χ1n) is 9.15. The number of rotatable bonds is 5. The molecule has 27 heavy (non-hydrogen) atoms. The van der Waals surface area contributed by atoms with Gasteiger partial charge in [0.1, 0.15) is 0 Å². The number of carbonyl (C=O) groups is 1. The standard InChI is InChI=1S/C19H26N4O3S/c1-19(2,3)16-12-17(22-21-16)20-18(24)13-8-10-15(11-9-13)27(25,26)23-14-6-4-5-7-14/h8-12,14,23H,4-7H2,1-3H3,(H2,20,21,22,24). The van der Waals surface area contributed by atoms with Crippen molar-refractivity contribution in [2.24, 2.45) is 0 Å². The van der Waals surface area contributed by atoms with Crippen LogP contribution in [-0.2, 0) is 15.4 Å². The fraction of sp³-hybridized carbons (Fsp3) is 0.474. The lowest BCUT2D eigenvalue weighted by Crippen LogP contribution is -2.32. The van der Waals surface area contributed by atoms with Gasteiger partial charge in [-0.3, -0.25) is 9.89 Å². The molecule has 1 aromatic heterocycles. The Kier molecular flexibility index (Phi) is 5.39. The molecule has 0 atom stereocenters. The Morgan fingerprint density at radius 1 is 1.15 bits per heavy atom. The number of aromatic amines is 1. The van der Waals surface area contributed by atoms with E-state index in [2.05, 4.69) is 20.2 Å². The molecule has 0 saturated heterocycles. The molecule has 3 N–H and O–H groups in total. The van der Waals surface area contributed by atoms with Gasteiger partial charge in [-0.15, -0.1) is 0 Å². The first-order chi connectivity index (χ1) is 12.6. The molecule has 0 spiro atoms. The summed E-state index contributed by atoms with van der Waals surface area (Å²) in [7, 11) is -3.56. The number of benzene rings is 1. The predicted octanol–water partition coefficient (Wildman–Crippen LogP) is 3.18. The zero-order valence-electron chi connectivity index (χ0n) is 15.9. The average molecular weight is 391 g/mol. The van der Waals surface area contributed by atoms with Gasteiger partial charge in [-0.1, -0.05) is 33.6 Å². The quantitative estimate of drug-likeness (QED) is 0.729. The largest absolute Gasteiger partial charge is 0.305 e. The summed E-state index contributed by atoms with van der Waals surface area (Å²) in [5.41, 5.74) is 1.19. The lowest BCUT2D eigenvalue weighted by Gasteiger charge is -2.14. The third kappa shape index (κ3) is 4.75. The molecule has 8 heteroatoms. The molecule has 0 aliphatic heterocycles. The van der Waals surface area contributed by atoms with Gasteiger partial charge < -0.3 is 5.32 Å². The number of amides is 1. The minimum atomic E-state index is -3.56. The van der Waals surface area contributed by atoms with Crippen molar-refractivity contribution < 1.29 is 13.2 Å². The second-order valence-electron chi connectivity index (χ2n) is 8.00. The predicted molar refractivity (Wildman–Crippen MR) is 104 cm³/mol. The van der Waals surface area contributed by atoms with E-state index < -0.39 is 10.0 Å². The van der Waals surface area contributed by atoms with Crippen molar-refractivity contribution in [3.63, 3.8) is 0 Å². The minimum absolute atomic E-state index is 0.00894. The Morgan fingerprint density at radius 2 is 1.78 bits per heavy atom. The molecule has 1 aliphatic carbocycles. The Bertz CT molecular complexity index is 905. The van der Waals surface area contributed by atoms with E-state index in [9.17, 15) is 13.2 Å². The van der Waals surface area contributed by atoms with E-state index in [0.29, 0.717) is 11.4 Å². The normalized spacial score (nSPS) is 15.8. The number of H-pyrrole nitrogens is 1. The van der Waals surface area contributed by atoms with Crippen molar-refractivity contribution in [2.75, 3.05) is 5.32 Å². The van der Waals surface area contributed by atoms with Crippen molar-refractivity contribution in [1.82, 2.24) is 14.9 Å². The molecule has 0 radical (unpaired) electrons. The van der Waals surface area contributed by atoms with Crippen LogP contribution in [0, 0.1) is 0 Å². The average Bonchev–Trinajstić information content (AvgIpc) is 3.26. The summed E-state index contributed by atoms with van der Waals surface area (Å²) in [5.74, 6) is 0.0965. The fourth-order valence-corrected chi connectivity index (χ4v) is 4.38. The van der Waals surface area contributed by atoms with Crippen LogP contribution in [-0.4, -0.2) is 30.6 Å². The van der Waals surface area contributed by atoms with Gasteiger partial charge in [0.05, 0.1) is 4.90 Å². The van der Waals surface area contributed by atoms with Crippen LogP contribution in [0.25, 0.3) is 0 Å². The molecule has 7 nitrogen and oxygen atoms in total. The molecule has 1 amide bonds. The van der Waals surface area contributed by atoms with Crippen LogP contribution in [0.15, 0.2) is 35.2 Å². The van der Waals surface area contributed by atoms with Crippen LogP contribution in [0.4, 0.5) is 5.82 Å². The van der Waals surface area contributed by atoms with Crippen molar-refractivity contribution in [3.05, 3.63) is 41.6 Å². The Morgan fingerprint density at radius 3 is 2.33 bits per heavy atom. The summed E-state index contributed by atoms with van der Waals surface area (Å²) in [6.07, 6.45) is 3.85. The van der Waals surface area contributed by atoms with Gasteiger partial charge in [0.2, 0.25) is 10.0 Å². The van der Waals surface area contributed by atoms with Gasteiger partial charge in [-0.2, -0.15) is 5.10 Å². The molecule has 0 unspecified atom stereocenters. The van der Waals surface area contributed by atoms with Crippen molar-refractivity contribution in [3.8, 4) is 0 Å².